The van der Waals surface area contributed by atoms with Crippen LogP contribution in [0.1, 0.15) is 15.9 Å². The second-order valence-corrected chi connectivity index (χ2v) is 5.13. The molecule has 1 aliphatic heterocycles. The van der Waals surface area contributed by atoms with Gasteiger partial charge in [0, 0.05) is 32.7 Å². The Labute approximate surface area is 123 Å². The van der Waals surface area contributed by atoms with Gasteiger partial charge in [0.2, 0.25) is 0 Å². The van der Waals surface area contributed by atoms with E-state index in [0.717, 1.165) is 38.3 Å². The molecule has 0 unspecified atom stereocenters. The molecule has 0 bridgehead atoms. The Morgan fingerprint density at radius 2 is 1.67 bits per heavy atom. The molecule has 0 spiro atoms. The molecule has 0 saturated carbocycles. The number of piperazine rings is 1. The Kier molecular flexibility index (Phi) is 5.30. The maximum atomic E-state index is 11.4. The standard InChI is InChI=1S/C15H20N2O4/c1-21-15(20)13-4-2-12(3-5-13)10-16-6-8-17(9-7-16)11-14(18)19/h2-5H,6-11H2,1H3,(H,18,19). The minimum atomic E-state index is -0.776. The number of carboxylic acid groups (broad SMARTS) is 1. The zero-order valence-corrected chi connectivity index (χ0v) is 12.1. The number of rotatable bonds is 5. The molecule has 1 fully saturated rings. The van der Waals surface area contributed by atoms with E-state index in [1.807, 2.05) is 17.0 Å². The lowest BCUT2D eigenvalue weighted by Crippen LogP contribution is -2.47. The normalized spacial score (nSPS) is 16.6. The number of ether oxygens (including phenoxy) is 1. The van der Waals surface area contributed by atoms with Crippen molar-refractivity contribution in [3.05, 3.63) is 35.4 Å². The maximum Gasteiger partial charge on any atom is 0.337 e. The fraction of sp³-hybridized carbons (Fsp3) is 0.467. The molecule has 0 aromatic heterocycles. The van der Waals surface area contributed by atoms with Crippen LogP contribution in [0, 0.1) is 0 Å². The van der Waals surface area contributed by atoms with Gasteiger partial charge in [-0.15, -0.1) is 0 Å². The lowest BCUT2D eigenvalue weighted by atomic mass is 10.1. The highest BCUT2D eigenvalue weighted by molar-refractivity contribution is 5.89. The van der Waals surface area contributed by atoms with E-state index >= 15 is 0 Å². The lowest BCUT2D eigenvalue weighted by Gasteiger charge is -2.33. The van der Waals surface area contributed by atoms with E-state index in [1.54, 1.807) is 12.1 Å². The average molecular weight is 292 g/mol. The van der Waals surface area contributed by atoms with Crippen molar-refractivity contribution in [2.75, 3.05) is 39.8 Å². The summed E-state index contributed by atoms with van der Waals surface area (Å²) in [6, 6.07) is 7.38. The number of hydrogen-bond donors (Lipinski definition) is 1. The molecule has 6 nitrogen and oxygen atoms in total. The minimum absolute atomic E-state index is 0.113. The van der Waals surface area contributed by atoms with Crippen molar-refractivity contribution in [2.45, 2.75) is 6.54 Å². The summed E-state index contributed by atoms with van der Waals surface area (Å²) in [6.45, 7) is 4.17. The summed E-state index contributed by atoms with van der Waals surface area (Å²) >= 11 is 0. The van der Waals surface area contributed by atoms with Gasteiger partial charge < -0.3 is 9.84 Å². The van der Waals surface area contributed by atoms with Crippen LogP contribution in [0.3, 0.4) is 0 Å². The van der Waals surface area contributed by atoms with Gasteiger partial charge in [0.05, 0.1) is 19.2 Å². The molecule has 1 saturated heterocycles. The molecule has 0 radical (unpaired) electrons. The van der Waals surface area contributed by atoms with E-state index in [2.05, 4.69) is 9.64 Å². The van der Waals surface area contributed by atoms with Crippen LogP contribution in [-0.4, -0.2) is 66.7 Å². The molecule has 6 heteroatoms. The van der Waals surface area contributed by atoms with Crippen molar-refractivity contribution in [3.8, 4) is 0 Å². The minimum Gasteiger partial charge on any atom is -0.480 e. The first-order valence-electron chi connectivity index (χ1n) is 6.92. The second kappa shape index (κ2) is 7.19. The molecular formula is C15H20N2O4. The molecule has 1 aromatic carbocycles. The van der Waals surface area contributed by atoms with E-state index in [1.165, 1.54) is 7.11 Å². The molecular weight excluding hydrogens is 272 g/mol. The van der Waals surface area contributed by atoms with Crippen LogP contribution in [0.5, 0.6) is 0 Å². The van der Waals surface area contributed by atoms with Crippen LogP contribution < -0.4 is 0 Å². The number of methoxy groups -OCH3 is 1. The zero-order valence-electron chi connectivity index (χ0n) is 12.1. The molecule has 0 atom stereocenters. The highest BCUT2D eigenvalue weighted by Gasteiger charge is 2.18. The Morgan fingerprint density at radius 3 is 2.19 bits per heavy atom. The van der Waals surface area contributed by atoms with E-state index in [9.17, 15) is 9.59 Å². The van der Waals surface area contributed by atoms with Crippen molar-refractivity contribution in [3.63, 3.8) is 0 Å². The number of hydrogen-bond acceptors (Lipinski definition) is 5. The zero-order chi connectivity index (χ0) is 15.2. The maximum absolute atomic E-state index is 11.4. The van der Waals surface area contributed by atoms with Crippen LogP contribution in [0.25, 0.3) is 0 Å². The first-order chi connectivity index (χ1) is 10.1. The summed E-state index contributed by atoms with van der Waals surface area (Å²) in [5, 5.41) is 8.76. The number of carbonyl (C=O) groups excluding carboxylic acids is 1. The first kappa shape index (κ1) is 15.5. The van der Waals surface area contributed by atoms with Gasteiger partial charge in [-0.25, -0.2) is 4.79 Å². The molecule has 1 heterocycles. The van der Waals surface area contributed by atoms with Crippen LogP contribution in [0.2, 0.25) is 0 Å². The van der Waals surface area contributed by atoms with E-state index < -0.39 is 5.97 Å². The predicted octanol–water partition coefficient (Wildman–Crippen LogP) is 0.675. The summed E-state index contributed by atoms with van der Waals surface area (Å²) in [6.07, 6.45) is 0. The summed E-state index contributed by atoms with van der Waals surface area (Å²) < 4.78 is 4.67. The molecule has 1 aromatic rings. The third kappa shape index (κ3) is 4.54. The summed E-state index contributed by atoms with van der Waals surface area (Å²) in [5.74, 6) is -1.11. The monoisotopic (exact) mass is 292 g/mol. The number of esters is 1. The van der Waals surface area contributed by atoms with Gasteiger partial charge in [0.15, 0.2) is 0 Å². The Hall–Kier alpha value is -1.92. The first-order valence-corrected chi connectivity index (χ1v) is 6.92. The van der Waals surface area contributed by atoms with Crippen molar-refractivity contribution < 1.29 is 19.4 Å². The van der Waals surface area contributed by atoms with Crippen molar-refractivity contribution in [1.82, 2.24) is 9.80 Å². The van der Waals surface area contributed by atoms with Crippen LogP contribution in [-0.2, 0) is 16.1 Å². The molecule has 114 valence electrons. The number of carbonyl (C=O) groups is 2. The van der Waals surface area contributed by atoms with E-state index in [-0.39, 0.29) is 12.5 Å². The van der Waals surface area contributed by atoms with Crippen LogP contribution in [0.15, 0.2) is 24.3 Å². The summed E-state index contributed by atoms with van der Waals surface area (Å²) in [5.41, 5.74) is 1.68. The average Bonchev–Trinajstić information content (AvgIpc) is 2.49. The van der Waals surface area contributed by atoms with Gasteiger partial charge >= 0.3 is 11.9 Å². The number of carboxylic acids is 1. The highest BCUT2D eigenvalue weighted by Crippen LogP contribution is 2.10. The third-order valence-corrected chi connectivity index (χ3v) is 3.60. The number of nitrogens with zero attached hydrogens (tertiary/aromatic N) is 2. The molecule has 2 rings (SSSR count). The molecule has 0 amide bonds. The van der Waals surface area contributed by atoms with Crippen molar-refractivity contribution >= 4 is 11.9 Å². The van der Waals surface area contributed by atoms with Crippen LogP contribution in [0.4, 0.5) is 0 Å². The van der Waals surface area contributed by atoms with Gasteiger partial charge in [-0.3, -0.25) is 14.6 Å². The fourth-order valence-electron chi connectivity index (χ4n) is 2.42. The van der Waals surface area contributed by atoms with Gasteiger partial charge in [-0.05, 0) is 17.7 Å². The van der Waals surface area contributed by atoms with Gasteiger partial charge in [0.1, 0.15) is 0 Å². The Balaban J connectivity index is 1.83. The van der Waals surface area contributed by atoms with Gasteiger partial charge in [-0.2, -0.15) is 0 Å². The Morgan fingerprint density at radius 1 is 1.10 bits per heavy atom. The second-order valence-electron chi connectivity index (χ2n) is 5.13. The Bertz CT molecular complexity index is 493. The SMILES string of the molecule is COC(=O)c1ccc(CN2CCN(CC(=O)O)CC2)cc1. The van der Waals surface area contributed by atoms with Crippen molar-refractivity contribution in [2.24, 2.45) is 0 Å². The van der Waals surface area contributed by atoms with Crippen LogP contribution >= 0.6 is 0 Å². The van der Waals surface area contributed by atoms with Crippen molar-refractivity contribution in [1.29, 1.82) is 0 Å². The van der Waals surface area contributed by atoms with Gasteiger partial charge in [0.25, 0.3) is 0 Å². The highest BCUT2D eigenvalue weighted by atomic mass is 16.5. The predicted molar refractivity (Wildman–Crippen MR) is 77.1 cm³/mol. The lowest BCUT2D eigenvalue weighted by molar-refractivity contribution is -0.138. The van der Waals surface area contributed by atoms with Gasteiger partial charge in [-0.1, -0.05) is 12.1 Å². The summed E-state index contributed by atoms with van der Waals surface area (Å²) in [4.78, 5) is 26.2. The fourth-order valence-corrected chi connectivity index (χ4v) is 2.42. The topological polar surface area (TPSA) is 70.1 Å². The molecule has 21 heavy (non-hydrogen) atoms. The summed E-state index contributed by atoms with van der Waals surface area (Å²) in [7, 11) is 1.37. The number of aliphatic carboxylic acids is 1. The third-order valence-electron chi connectivity index (χ3n) is 3.60. The molecule has 1 N–H and O–H groups in total. The van der Waals surface area contributed by atoms with E-state index in [4.69, 9.17) is 5.11 Å². The molecule has 1 aliphatic rings. The quantitative estimate of drug-likeness (QED) is 0.805. The smallest absolute Gasteiger partial charge is 0.337 e. The number of benzene rings is 1. The van der Waals surface area contributed by atoms with E-state index in [0.29, 0.717) is 5.56 Å². The molecule has 0 aliphatic carbocycles. The largest absolute Gasteiger partial charge is 0.480 e.